The smallest absolute Gasteiger partial charge is 0.419 e. The molecule has 2 aromatic carbocycles. The molecule has 2 N–H and O–H groups in total. The Morgan fingerprint density at radius 1 is 0.633 bits per heavy atom. The fraction of sp³-hybridized carbons (Fsp3) is 0.100. The number of amides is 2. The predicted molar refractivity (Wildman–Crippen MR) is 102 cm³/mol. The number of para-hydroxylation sites is 2. The molecule has 0 saturated carbocycles. The van der Waals surface area contributed by atoms with Gasteiger partial charge in [-0.15, -0.1) is 0 Å². The number of carbonyl (C=O) groups is 4. The minimum atomic E-state index is -1.09. The van der Waals surface area contributed by atoms with Gasteiger partial charge in [-0.2, -0.15) is 0 Å². The van der Waals surface area contributed by atoms with E-state index in [-0.39, 0.29) is 0 Å². The number of ether oxygens (including phenoxy) is 4. The van der Waals surface area contributed by atoms with Crippen LogP contribution in [-0.4, -0.2) is 37.3 Å². The van der Waals surface area contributed by atoms with Gasteiger partial charge in [-0.05, 0) is 24.3 Å². The summed E-state index contributed by atoms with van der Waals surface area (Å²) in [6.07, 6.45) is -0.231. The molecule has 0 saturated heterocycles. The molecule has 0 unspecified atom stereocenters. The summed E-state index contributed by atoms with van der Waals surface area (Å²) in [6.45, 7) is -0.919. The Labute approximate surface area is 171 Å². The van der Waals surface area contributed by atoms with Crippen LogP contribution in [-0.2, 0) is 19.1 Å². The monoisotopic (exact) mass is 414 g/mol. The van der Waals surface area contributed by atoms with Gasteiger partial charge in [-0.25, -0.2) is 19.2 Å². The standard InChI is InChI=1S/C20H18N2O8/c23-17(13-27-15-7-3-1-4-8-15)29-19(25)21-11-12-22-20(26)30-18(24)14-28-16-9-5-2-6-10-16/h1-12H,13-14H2,(H,21,25)(H,22,26)/b12-11+. The lowest BCUT2D eigenvalue weighted by atomic mass is 10.3. The average Bonchev–Trinajstić information content (AvgIpc) is 2.75. The molecule has 0 atom stereocenters. The van der Waals surface area contributed by atoms with Crippen LogP contribution in [0.2, 0.25) is 0 Å². The van der Waals surface area contributed by atoms with Gasteiger partial charge in [0, 0.05) is 12.4 Å². The molecule has 0 aliphatic heterocycles. The van der Waals surface area contributed by atoms with Gasteiger partial charge >= 0.3 is 24.1 Å². The molecule has 0 heterocycles. The third kappa shape index (κ3) is 9.04. The van der Waals surface area contributed by atoms with Gasteiger partial charge in [0.15, 0.2) is 13.2 Å². The minimum Gasteiger partial charge on any atom is -0.482 e. The van der Waals surface area contributed by atoms with Crippen molar-refractivity contribution < 1.29 is 38.1 Å². The van der Waals surface area contributed by atoms with Gasteiger partial charge in [0.25, 0.3) is 0 Å². The maximum atomic E-state index is 11.5. The average molecular weight is 414 g/mol. The zero-order valence-corrected chi connectivity index (χ0v) is 15.6. The van der Waals surface area contributed by atoms with E-state index in [0.29, 0.717) is 11.5 Å². The second-order valence-electron chi connectivity index (χ2n) is 5.35. The maximum absolute atomic E-state index is 11.5. The largest absolute Gasteiger partial charge is 0.482 e. The van der Waals surface area contributed by atoms with E-state index in [0.717, 1.165) is 12.4 Å². The molecule has 10 heteroatoms. The molecule has 2 aromatic rings. The van der Waals surface area contributed by atoms with Gasteiger partial charge in [0.2, 0.25) is 0 Å². The summed E-state index contributed by atoms with van der Waals surface area (Å²) >= 11 is 0. The van der Waals surface area contributed by atoms with Crippen molar-refractivity contribution in [3.63, 3.8) is 0 Å². The summed E-state index contributed by atoms with van der Waals surface area (Å²) in [5.41, 5.74) is 0. The van der Waals surface area contributed by atoms with Crippen molar-refractivity contribution in [3.05, 3.63) is 73.1 Å². The van der Waals surface area contributed by atoms with Crippen LogP contribution >= 0.6 is 0 Å². The lowest BCUT2D eigenvalue weighted by Gasteiger charge is -2.06. The van der Waals surface area contributed by atoms with Crippen molar-refractivity contribution >= 4 is 24.1 Å². The minimum absolute atomic E-state index is 0.446. The number of carbonyl (C=O) groups excluding carboxylic acids is 4. The SMILES string of the molecule is O=C(COc1ccccc1)OC(=O)N/C=C/NC(=O)OC(=O)COc1ccccc1. The molecule has 0 aliphatic carbocycles. The van der Waals surface area contributed by atoms with Crippen LogP contribution < -0.4 is 20.1 Å². The molecule has 0 aromatic heterocycles. The molecular formula is C20H18N2O8. The van der Waals surface area contributed by atoms with Crippen molar-refractivity contribution in [1.29, 1.82) is 0 Å². The summed E-state index contributed by atoms with van der Waals surface area (Å²) < 4.78 is 19.1. The van der Waals surface area contributed by atoms with E-state index in [1.807, 2.05) is 0 Å². The lowest BCUT2D eigenvalue weighted by Crippen LogP contribution is -2.28. The van der Waals surface area contributed by atoms with E-state index in [4.69, 9.17) is 9.47 Å². The van der Waals surface area contributed by atoms with E-state index in [9.17, 15) is 19.2 Å². The van der Waals surface area contributed by atoms with Crippen LogP contribution in [0.25, 0.3) is 0 Å². The van der Waals surface area contributed by atoms with Crippen molar-refractivity contribution in [3.8, 4) is 11.5 Å². The van der Waals surface area contributed by atoms with Crippen LogP contribution in [0, 0.1) is 0 Å². The predicted octanol–water partition coefficient (Wildman–Crippen LogP) is 2.12. The van der Waals surface area contributed by atoms with Crippen LogP contribution in [0.5, 0.6) is 11.5 Å². The van der Waals surface area contributed by atoms with Crippen LogP contribution in [0.15, 0.2) is 73.1 Å². The third-order valence-electron chi connectivity index (χ3n) is 3.10. The second-order valence-corrected chi connectivity index (χ2v) is 5.35. The van der Waals surface area contributed by atoms with Gasteiger partial charge in [0.1, 0.15) is 11.5 Å². The quantitative estimate of drug-likeness (QED) is 0.496. The summed E-state index contributed by atoms with van der Waals surface area (Å²) in [4.78, 5) is 45.8. The molecule has 2 amide bonds. The van der Waals surface area contributed by atoms with Crippen LogP contribution in [0.4, 0.5) is 9.59 Å². The Hall–Kier alpha value is -4.34. The number of hydrogen-bond acceptors (Lipinski definition) is 8. The summed E-state index contributed by atoms with van der Waals surface area (Å²) in [7, 11) is 0. The number of esters is 2. The van der Waals surface area contributed by atoms with Gasteiger partial charge in [-0.3, -0.25) is 10.6 Å². The second kappa shape index (κ2) is 12.2. The zero-order chi connectivity index (χ0) is 21.6. The first kappa shape index (κ1) is 22.0. The van der Waals surface area contributed by atoms with Crippen LogP contribution in [0.1, 0.15) is 0 Å². The molecular weight excluding hydrogens is 396 g/mol. The molecule has 0 spiro atoms. The molecule has 0 aliphatic rings. The first-order valence-electron chi connectivity index (χ1n) is 8.56. The molecule has 0 fully saturated rings. The Bertz CT molecular complexity index is 811. The Morgan fingerprint density at radius 3 is 1.37 bits per heavy atom. The number of benzene rings is 2. The van der Waals surface area contributed by atoms with E-state index in [1.54, 1.807) is 60.7 Å². The van der Waals surface area contributed by atoms with Crippen molar-refractivity contribution in [2.24, 2.45) is 0 Å². The summed E-state index contributed by atoms with van der Waals surface area (Å²) in [5, 5.41) is 4.14. The Kier molecular flexibility index (Phi) is 8.92. The normalized spacial score (nSPS) is 10.0. The van der Waals surface area contributed by atoms with Crippen molar-refractivity contribution in [1.82, 2.24) is 10.6 Å². The van der Waals surface area contributed by atoms with Crippen LogP contribution in [0.3, 0.4) is 0 Å². The first-order valence-corrected chi connectivity index (χ1v) is 8.56. The van der Waals surface area contributed by atoms with Crippen molar-refractivity contribution in [2.45, 2.75) is 0 Å². The van der Waals surface area contributed by atoms with E-state index in [2.05, 4.69) is 20.1 Å². The Balaban J connectivity index is 1.58. The zero-order valence-electron chi connectivity index (χ0n) is 15.6. The number of hydrogen-bond donors (Lipinski definition) is 2. The number of nitrogens with one attached hydrogen (secondary N) is 2. The fourth-order valence-electron chi connectivity index (χ4n) is 1.86. The van der Waals surface area contributed by atoms with Crippen molar-refractivity contribution in [2.75, 3.05) is 13.2 Å². The molecule has 30 heavy (non-hydrogen) atoms. The molecule has 0 bridgehead atoms. The van der Waals surface area contributed by atoms with Gasteiger partial charge in [-0.1, -0.05) is 36.4 Å². The molecule has 2 rings (SSSR count). The molecule has 156 valence electrons. The maximum Gasteiger partial charge on any atom is 0.419 e. The highest BCUT2D eigenvalue weighted by molar-refractivity contribution is 5.86. The third-order valence-corrected chi connectivity index (χ3v) is 3.10. The fourth-order valence-corrected chi connectivity index (χ4v) is 1.86. The number of alkyl carbamates (subject to hydrolysis) is 2. The van der Waals surface area contributed by atoms with Gasteiger partial charge < -0.3 is 18.9 Å². The van der Waals surface area contributed by atoms with E-state index < -0.39 is 37.3 Å². The number of rotatable bonds is 8. The lowest BCUT2D eigenvalue weighted by molar-refractivity contribution is -0.140. The summed E-state index contributed by atoms with van der Waals surface area (Å²) in [6, 6.07) is 17.0. The Morgan fingerprint density at radius 2 is 1.00 bits per heavy atom. The molecule has 10 nitrogen and oxygen atoms in total. The highest BCUT2D eigenvalue weighted by Crippen LogP contribution is 2.08. The first-order chi connectivity index (χ1) is 14.5. The van der Waals surface area contributed by atoms with Gasteiger partial charge in [0.05, 0.1) is 0 Å². The summed E-state index contributed by atoms with van der Waals surface area (Å²) in [5.74, 6) is -0.940. The highest BCUT2D eigenvalue weighted by atomic mass is 16.6. The highest BCUT2D eigenvalue weighted by Gasteiger charge is 2.11. The van der Waals surface area contributed by atoms with E-state index in [1.165, 1.54) is 0 Å². The van der Waals surface area contributed by atoms with E-state index >= 15 is 0 Å². The molecule has 0 radical (unpaired) electrons. The topological polar surface area (TPSA) is 129 Å².